The number of fused-ring (bicyclic) bond motifs is 2. The van der Waals surface area contributed by atoms with Gasteiger partial charge in [-0.05, 0) is 37.3 Å². The average molecular weight is 658 g/mol. The van der Waals surface area contributed by atoms with Crippen molar-refractivity contribution in [3.8, 4) is 22.8 Å². The smallest absolute Gasteiger partial charge is 0.424 e. The Labute approximate surface area is 254 Å². The van der Waals surface area contributed by atoms with Crippen molar-refractivity contribution in [2.24, 2.45) is 5.73 Å². The molecule has 5 rings (SSSR count). The number of amides is 2. The summed E-state index contributed by atoms with van der Waals surface area (Å²) in [6, 6.07) is 6.21. The number of nitrogens with zero attached hydrogens (tertiary/aromatic N) is 3. The van der Waals surface area contributed by atoms with Crippen molar-refractivity contribution in [2.75, 3.05) is 20.3 Å². The minimum absolute atomic E-state index is 0.0248. The molecule has 0 spiro atoms. The maximum Gasteiger partial charge on any atom is 0.424 e. The highest BCUT2D eigenvalue weighted by molar-refractivity contribution is 6.30. The Balaban J connectivity index is 1.59. The number of hydrogen-bond acceptors (Lipinski definition) is 7. The molecule has 4 N–H and O–H groups in total. The van der Waals surface area contributed by atoms with Crippen LogP contribution in [0.4, 0.5) is 26.3 Å². The van der Waals surface area contributed by atoms with E-state index in [0.29, 0.717) is 4.68 Å². The fourth-order valence-electron chi connectivity index (χ4n) is 4.79. The summed E-state index contributed by atoms with van der Waals surface area (Å²) in [4.78, 5) is 29.4. The Morgan fingerprint density at radius 1 is 1.24 bits per heavy atom. The van der Waals surface area contributed by atoms with Gasteiger partial charge in [-0.1, -0.05) is 17.7 Å². The lowest BCUT2D eigenvalue weighted by molar-refractivity contribution is -0.265. The van der Waals surface area contributed by atoms with E-state index < -0.39 is 53.6 Å². The van der Waals surface area contributed by atoms with Crippen LogP contribution >= 0.6 is 11.6 Å². The van der Waals surface area contributed by atoms with Gasteiger partial charge >= 0.3 is 12.7 Å². The summed E-state index contributed by atoms with van der Waals surface area (Å²) in [6.45, 7) is -3.59. The first kappa shape index (κ1) is 31.8. The van der Waals surface area contributed by atoms with Crippen LogP contribution < -0.4 is 20.5 Å². The van der Waals surface area contributed by atoms with Gasteiger partial charge in [0.05, 0.1) is 24.4 Å². The third kappa shape index (κ3) is 5.37. The Kier molecular flexibility index (Phi) is 7.85. The van der Waals surface area contributed by atoms with E-state index in [1.807, 2.05) is 5.32 Å². The van der Waals surface area contributed by atoms with E-state index >= 15 is 0 Å². The molecule has 17 heteroatoms. The summed E-state index contributed by atoms with van der Waals surface area (Å²) in [7, 11) is 1.17. The molecule has 3 heterocycles. The van der Waals surface area contributed by atoms with E-state index in [1.54, 1.807) is 0 Å². The molecule has 0 bridgehead atoms. The van der Waals surface area contributed by atoms with E-state index in [2.05, 4.69) is 10.1 Å². The van der Waals surface area contributed by atoms with Crippen molar-refractivity contribution >= 4 is 34.3 Å². The summed E-state index contributed by atoms with van der Waals surface area (Å²) >= 11 is 5.76. The van der Waals surface area contributed by atoms with Gasteiger partial charge in [-0.2, -0.15) is 27.1 Å². The van der Waals surface area contributed by atoms with Gasteiger partial charge in [0.1, 0.15) is 40.5 Å². The first-order chi connectivity index (χ1) is 21.0. The number of ether oxygens (including phenoxy) is 2. The van der Waals surface area contributed by atoms with Gasteiger partial charge in [-0.25, -0.2) is 14.1 Å². The Morgan fingerprint density at radius 3 is 2.56 bits per heavy atom. The first-order valence-electron chi connectivity index (χ1n) is 12.9. The van der Waals surface area contributed by atoms with E-state index in [1.165, 1.54) is 20.1 Å². The predicted molar refractivity (Wildman–Crippen MR) is 147 cm³/mol. The largest absolute Gasteiger partial charge is 0.494 e. The normalized spacial score (nSPS) is 17.6. The summed E-state index contributed by atoms with van der Waals surface area (Å²) in [5.41, 5.74) is -2.01. The summed E-state index contributed by atoms with van der Waals surface area (Å²) < 4.78 is 95.7. The lowest BCUT2D eigenvalue weighted by Crippen LogP contribution is -2.51. The van der Waals surface area contributed by atoms with Crippen molar-refractivity contribution in [2.45, 2.75) is 30.7 Å². The summed E-state index contributed by atoms with van der Waals surface area (Å²) in [5, 5.41) is 16.6. The minimum Gasteiger partial charge on any atom is -0.494 e. The first-order valence-corrected chi connectivity index (χ1v) is 13.2. The number of pyridine rings is 1. The second-order valence-corrected chi connectivity index (χ2v) is 10.8. The number of carbonyl (C=O) groups excluding carboxylic acids is 2. The maximum absolute atomic E-state index is 14.7. The van der Waals surface area contributed by atoms with E-state index in [9.17, 15) is 41.0 Å². The number of alkyl halides is 5. The van der Waals surface area contributed by atoms with Crippen molar-refractivity contribution < 1.29 is 50.5 Å². The quantitative estimate of drug-likeness (QED) is 0.235. The van der Waals surface area contributed by atoms with Crippen molar-refractivity contribution in [1.82, 2.24) is 20.1 Å². The Morgan fingerprint density at radius 2 is 1.96 bits per heavy atom. The number of nitrogens with two attached hydrogens (primary N) is 1. The highest BCUT2D eigenvalue weighted by Gasteiger charge is 2.57. The number of primary amides is 1. The van der Waals surface area contributed by atoms with Gasteiger partial charge in [-0.3, -0.25) is 9.59 Å². The predicted octanol–water partition coefficient (Wildman–Crippen LogP) is 4.61. The van der Waals surface area contributed by atoms with Gasteiger partial charge in [0, 0.05) is 28.3 Å². The van der Waals surface area contributed by atoms with Gasteiger partial charge < -0.3 is 25.6 Å². The molecule has 2 aromatic carbocycles. The zero-order valence-electron chi connectivity index (χ0n) is 23.2. The number of methoxy groups -OCH3 is 1. The van der Waals surface area contributed by atoms with E-state index in [-0.39, 0.29) is 56.4 Å². The average Bonchev–Trinajstić information content (AvgIpc) is 3.58. The zero-order valence-corrected chi connectivity index (χ0v) is 23.9. The Bertz CT molecular complexity index is 1850. The molecule has 4 aromatic rings. The van der Waals surface area contributed by atoms with Crippen molar-refractivity contribution in [1.29, 1.82) is 0 Å². The highest BCUT2D eigenvalue weighted by atomic mass is 35.5. The minimum atomic E-state index is -5.48. The molecular formula is C28H22ClF6N5O5. The number of carbonyl (C=O) groups is 2. The number of halogens is 7. The van der Waals surface area contributed by atoms with Crippen LogP contribution in [0.2, 0.25) is 5.02 Å². The van der Waals surface area contributed by atoms with Crippen LogP contribution in [-0.4, -0.2) is 58.1 Å². The molecule has 45 heavy (non-hydrogen) atoms. The van der Waals surface area contributed by atoms with Crippen LogP contribution in [0.5, 0.6) is 11.5 Å². The fraction of sp³-hybridized carbons (Fsp3) is 0.286. The van der Waals surface area contributed by atoms with E-state index in [0.717, 1.165) is 36.5 Å². The van der Waals surface area contributed by atoms with Gasteiger partial charge in [0.15, 0.2) is 0 Å². The maximum atomic E-state index is 14.7. The number of aromatic nitrogens is 3. The van der Waals surface area contributed by atoms with Gasteiger partial charge in [0.2, 0.25) is 11.5 Å². The number of hydrogen-bond donors (Lipinski definition) is 3. The lowest BCUT2D eigenvalue weighted by atomic mass is 9.81. The third-order valence-electron chi connectivity index (χ3n) is 7.48. The zero-order chi connectivity index (χ0) is 33.1. The molecule has 2 atom stereocenters. The molecular weight excluding hydrogens is 636 g/mol. The molecule has 2 amide bonds. The Hall–Kier alpha value is -4.57. The van der Waals surface area contributed by atoms with Crippen LogP contribution in [0.25, 0.3) is 22.2 Å². The summed E-state index contributed by atoms with van der Waals surface area (Å²) in [5.74, 6) is -3.33. The number of aliphatic hydroxyl groups is 1. The molecule has 238 valence electrons. The van der Waals surface area contributed by atoms with Crippen LogP contribution in [0.15, 0.2) is 42.6 Å². The highest BCUT2D eigenvalue weighted by Crippen LogP contribution is 2.48. The third-order valence-corrected chi connectivity index (χ3v) is 7.79. The number of benzene rings is 2. The molecule has 0 radical (unpaired) electrons. The van der Waals surface area contributed by atoms with Gasteiger partial charge in [-0.15, -0.1) is 0 Å². The topological polar surface area (TPSA) is 142 Å². The second kappa shape index (κ2) is 11.1. The van der Waals surface area contributed by atoms with E-state index in [4.69, 9.17) is 26.8 Å². The van der Waals surface area contributed by atoms with Crippen LogP contribution in [0, 0.1) is 5.82 Å². The molecule has 0 fully saturated rings. The molecule has 10 nitrogen and oxygen atoms in total. The monoisotopic (exact) mass is 657 g/mol. The molecule has 1 aliphatic heterocycles. The van der Waals surface area contributed by atoms with Crippen LogP contribution in [0.1, 0.15) is 35.1 Å². The number of rotatable bonds is 8. The summed E-state index contributed by atoms with van der Waals surface area (Å²) in [6.07, 6.45) is -4.56. The number of nitrogens with one attached hydrogen (secondary N) is 1. The molecule has 2 aromatic heterocycles. The van der Waals surface area contributed by atoms with Gasteiger partial charge in [0.25, 0.3) is 5.91 Å². The SMILES string of the molecule is COc1cc(C(=O)NCC(O)(c2cc3c(c(-c4ccc(Cl)c(F)c4)n2)OC[C@]3(C)C(N)=O)C(F)(F)F)cc2cn(C(F)F)nc12. The van der Waals surface area contributed by atoms with Crippen molar-refractivity contribution in [3.63, 3.8) is 0 Å². The molecule has 1 aliphatic rings. The molecule has 1 unspecified atom stereocenters. The molecule has 0 aliphatic carbocycles. The standard InChI is InChI=1S/C28H22ClF6N5O5/c1-26(24(36)42)11-45-22-15(26)8-19(38-21(22)12-3-4-16(29)17(30)6-12)27(43,28(33,34)35)10-37-23(41)13-5-14-9-40(25(31)32)39-20(14)18(7-13)44-2/h3-9,25,43H,10-11H2,1-2H3,(H2,36,42)(H,37,41)/t26-,27?/m0/s1. The van der Waals surface area contributed by atoms with Crippen LogP contribution in [0.3, 0.4) is 0 Å². The van der Waals surface area contributed by atoms with Crippen LogP contribution in [-0.2, 0) is 15.8 Å². The second-order valence-electron chi connectivity index (χ2n) is 10.4. The lowest BCUT2D eigenvalue weighted by Gasteiger charge is -2.31. The fourth-order valence-corrected chi connectivity index (χ4v) is 4.91. The van der Waals surface area contributed by atoms with Crippen molar-refractivity contribution in [3.05, 3.63) is 70.3 Å². The molecule has 0 saturated carbocycles. The molecule has 0 saturated heterocycles.